The van der Waals surface area contributed by atoms with Crippen LogP contribution >= 0.6 is 0 Å². The third-order valence-corrected chi connectivity index (χ3v) is 2.33. The van der Waals surface area contributed by atoms with Crippen molar-refractivity contribution in [1.29, 1.82) is 0 Å². The van der Waals surface area contributed by atoms with Crippen LogP contribution in [0.2, 0.25) is 0 Å². The Morgan fingerprint density at radius 3 is 3.00 bits per heavy atom. The van der Waals surface area contributed by atoms with Gasteiger partial charge in [0.2, 0.25) is 0 Å². The van der Waals surface area contributed by atoms with E-state index in [-0.39, 0.29) is 0 Å². The van der Waals surface area contributed by atoms with E-state index in [1.807, 2.05) is 35.7 Å². The number of nitrogens with zero attached hydrogens (tertiary/aromatic N) is 4. The highest BCUT2D eigenvalue weighted by molar-refractivity contribution is 5.74. The summed E-state index contributed by atoms with van der Waals surface area (Å²) < 4.78 is 3.48. The van der Waals surface area contributed by atoms with Gasteiger partial charge in [-0.2, -0.15) is 0 Å². The van der Waals surface area contributed by atoms with Crippen LogP contribution in [0.25, 0.3) is 16.9 Å². The second kappa shape index (κ2) is 2.25. The van der Waals surface area contributed by atoms with Crippen molar-refractivity contribution in [1.82, 2.24) is 19.0 Å². The highest BCUT2D eigenvalue weighted by Crippen LogP contribution is 2.14. The van der Waals surface area contributed by atoms with Gasteiger partial charge in [-0.15, -0.1) is 0 Å². The Balaban J connectivity index is 2.62. The van der Waals surface area contributed by atoms with Crippen molar-refractivity contribution in [2.45, 2.75) is 6.92 Å². The number of hydrogen-bond acceptors (Lipinski definition) is 3. The molecular weight excluding hydrogens is 178 g/mol. The van der Waals surface area contributed by atoms with Crippen LogP contribution in [-0.4, -0.2) is 19.0 Å². The average molecular weight is 187 g/mol. The van der Waals surface area contributed by atoms with E-state index in [2.05, 4.69) is 9.97 Å². The molecule has 5 nitrogen and oxygen atoms in total. The maximum Gasteiger partial charge on any atom is 0.200 e. The molecule has 0 fully saturated rings. The lowest BCUT2D eigenvalue weighted by Crippen LogP contribution is -2.11. The van der Waals surface area contributed by atoms with Crippen molar-refractivity contribution in [3.05, 3.63) is 30.2 Å². The molecule has 0 amide bonds. The maximum absolute atomic E-state index is 5.84. The molecule has 0 bridgehead atoms. The summed E-state index contributed by atoms with van der Waals surface area (Å²) in [6.07, 6.45) is 1.93. The molecule has 3 rings (SSSR count). The van der Waals surface area contributed by atoms with Crippen LogP contribution in [0, 0.1) is 6.92 Å². The van der Waals surface area contributed by atoms with E-state index >= 15 is 0 Å². The number of nitrogens with two attached hydrogens (primary N) is 1. The number of fused-ring (bicyclic) bond motifs is 3. The summed E-state index contributed by atoms with van der Waals surface area (Å²) in [5, 5.41) is 0. The van der Waals surface area contributed by atoms with Gasteiger partial charge >= 0.3 is 0 Å². The fraction of sp³-hybridized carbons (Fsp3) is 0.111. The number of pyridine rings is 1. The third-order valence-electron chi connectivity index (χ3n) is 2.33. The van der Waals surface area contributed by atoms with Gasteiger partial charge in [0.1, 0.15) is 11.5 Å². The van der Waals surface area contributed by atoms with Crippen molar-refractivity contribution >= 4 is 16.9 Å². The van der Waals surface area contributed by atoms with E-state index < -0.39 is 0 Å². The molecule has 0 spiro atoms. The molecule has 0 aromatic carbocycles. The third kappa shape index (κ3) is 0.736. The SMILES string of the molecule is Cc1nc2nc3ccccn3c2n1N. The number of nitrogen functional groups attached to an aromatic ring is 1. The molecule has 0 aliphatic heterocycles. The second-order valence-electron chi connectivity index (χ2n) is 3.22. The molecule has 2 N–H and O–H groups in total. The molecule has 0 aliphatic carbocycles. The summed E-state index contributed by atoms with van der Waals surface area (Å²) in [5.74, 6) is 6.61. The number of hydrogen-bond donors (Lipinski definition) is 1. The predicted molar refractivity (Wildman–Crippen MR) is 53.4 cm³/mol. The molecule has 0 saturated carbocycles. The first-order valence-corrected chi connectivity index (χ1v) is 4.34. The number of aromatic nitrogens is 4. The molecule has 0 saturated heterocycles. The molecule has 3 aromatic heterocycles. The Morgan fingerprint density at radius 2 is 2.14 bits per heavy atom. The van der Waals surface area contributed by atoms with Gasteiger partial charge < -0.3 is 5.84 Å². The minimum Gasteiger partial charge on any atom is -0.336 e. The number of rotatable bonds is 0. The van der Waals surface area contributed by atoms with Crippen molar-refractivity contribution in [2.24, 2.45) is 0 Å². The van der Waals surface area contributed by atoms with Crippen LogP contribution < -0.4 is 5.84 Å². The molecule has 0 unspecified atom stereocenters. The first-order chi connectivity index (χ1) is 6.77. The standard InChI is InChI=1S/C9H9N5/c1-6-11-8-9(14(6)10)13-5-3-2-4-7(13)12-8/h2-5H,10H2,1H3. The van der Waals surface area contributed by atoms with Crippen molar-refractivity contribution in [3.63, 3.8) is 0 Å². The van der Waals surface area contributed by atoms with Crippen LogP contribution in [0.15, 0.2) is 24.4 Å². The fourth-order valence-corrected chi connectivity index (χ4v) is 1.63. The van der Waals surface area contributed by atoms with Crippen molar-refractivity contribution < 1.29 is 0 Å². The van der Waals surface area contributed by atoms with Crippen LogP contribution in [0.3, 0.4) is 0 Å². The molecule has 0 radical (unpaired) electrons. The Hall–Kier alpha value is -2.04. The summed E-state index contributed by atoms with van der Waals surface area (Å²) in [6.45, 7) is 1.86. The summed E-state index contributed by atoms with van der Waals surface area (Å²) in [5.41, 5.74) is 2.39. The van der Waals surface area contributed by atoms with Crippen LogP contribution in [-0.2, 0) is 0 Å². The zero-order valence-corrected chi connectivity index (χ0v) is 7.68. The van der Waals surface area contributed by atoms with Crippen LogP contribution in [0.1, 0.15) is 5.82 Å². The van der Waals surface area contributed by atoms with Crippen LogP contribution in [0.5, 0.6) is 0 Å². The van der Waals surface area contributed by atoms with E-state index in [4.69, 9.17) is 5.84 Å². The molecule has 70 valence electrons. The highest BCUT2D eigenvalue weighted by Gasteiger charge is 2.11. The molecule has 0 aliphatic rings. The molecule has 3 aromatic rings. The van der Waals surface area contributed by atoms with Gasteiger partial charge in [-0.05, 0) is 19.1 Å². The van der Waals surface area contributed by atoms with Gasteiger partial charge in [0.25, 0.3) is 0 Å². The summed E-state index contributed by atoms with van der Waals surface area (Å²) in [6, 6.07) is 5.81. The Morgan fingerprint density at radius 1 is 1.29 bits per heavy atom. The van der Waals surface area contributed by atoms with Crippen molar-refractivity contribution in [3.8, 4) is 0 Å². The highest BCUT2D eigenvalue weighted by atomic mass is 15.4. The maximum atomic E-state index is 5.84. The van der Waals surface area contributed by atoms with E-state index in [0.717, 1.165) is 17.1 Å². The van der Waals surface area contributed by atoms with Gasteiger partial charge in [-0.25, -0.2) is 14.6 Å². The number of aryl methyl sites for hydroxylation is 1. The largest absolute Gasteiger partial charge is 0.336 e. The Kier molecular flexibility index (Phi) is 1.19. The molecule has 5 heteroatoms. The lowest BCUT2D eigenvalue weighted by Gasteiger charge is -1.97. The zero-order chi connectivity index (χ0) is 9.71. The normalized spacial score (nSPS) is 11.5. The van der Waals surface area contributed by atoms with Gasteiger partial charge in [-0.3, -0.25) is 4.40 Å². The van der Waals surface area contributed by atoms with Gasteiger partial charge in [0.05, 0.1) is 0 Å². The second-order valence-corrected chi connectivity index (χ2v) is 3.22. The zero-order valence-electron chi connectivity index (χ0n) is 7.68. The van der Waals surface area contributed by atoms with Crippen molar-refractivity contribution in [2.75, 3.05) is 5.84 Å². The quantitative estimate of drug-likeness (QED) is 0.527. The van der Waals surface area contributed by atoms with E-state index in [1.54, 1.807) is 4.68 Å². The van der Waals surface area contributed by atoms with E-state index in [1.165, 1.54) is 0 Å². The summed E-state index contributed by atoms with van der Waals surface area (Å²) >= 11 is 0. The van der Waals surface area contributed by atoms with E-state index in [0.29, 0.717) is 5.65 Å². The lowest BCUT2D eigenvalue weighted by atomic mass is 10.5. The summed E-state index contributed by atoms with van der Waals surface area (Å²) in [7, 11) is 0. The molecular formula is C9H9N5. The average Bonchev–Trinajstić information content (AvgIpc) is 2.65. The lowest BCUT2D eigenvalue weighted by molar-refractivity contribution is 0.927. The molecule has 3 heterocycles. The fourth-order valence-electron chi connectivity index (χ4n) is 1.63. The first-order valence-electron chi connectivity index (χ1n) is 4.34. The van der Waals surface area contributed by atoms with Gasteiger partial charge in [0.15, 0.2) is 11.3 Å². The molecule has 0 atom stereocenters. The van der Waals surface area contributed by atoms with Crippen LogP contribution in [0.4, 0.5) is 0 Å². The topological polar surface area (TPSA) is 61.1 Å². The Labute approximate surface area is 79.8 Å². The minimum atomic E-state index is 0.691. The Bertz CT molecular complexity index is 618. The first kappa shape index (κ1) is 7.37. The monoisotopic (exact) mass is 187 g/mol. The summed E-state index contributed by atoms with van der Waals surface area (Å²) in [4.78, 5) is 8.60. The number of imidazole rings is 2. The van der Waals surface area contributed by atoms with E-state index in [9.17, 15) is 0 Å². The smallest absolute Gasteiger partial charge is 0.200 e. The van der Waals surface area contributed by atoms with Gasteiger partial charge in [0, 0.05) is 6.20 Å². The minimum absolute atomic E-state index is 0.691. The molecule has 14 heavy (non-hydrogen) atoms. The van der Waals surface area contributed by atoms with Gasteiger partial charge in [-0.1, -0.05) is 6.07 Å². The predicted octanol–water partition coefficient (Wildman–Crippen LogP) is 0.706.